The van der Waals surface area contributed by atoms with Crippen molar-refractivity contribution in [2.45, 2.75) is 34.1 Å². The van der Waals surface area contributed by atoms with E-state index in [-0.39, 0.29) is 0 Å². The molecule has 1 aromatic heterocycles. The summed E-state index contributed by atoms with van der Waals surface area (Å²) >= 11 is 4.14. The van der Waals surface area contributed by atoms with Crippen LogP contribution in [0.5, 0.6) is 0 Å². The van der Waals surface area contributed by atoms with E-state index in [2.05, 4.69) is 86.0 Å². The third kappa shape index (κ3) is 3.66. The zero-order chi connectivity index (χ0) is 16.6. The lowest BCUT2D eigenvalue weighted by atomic mass is 10.0. The minimum atomic E-state index is 0.908. The molecule has 0 aliphatic carbocycles. The van der Waals surface area contributed by atoms with Crippen molar-refractivity contribution < 1.29 is 0 Å². The number of thiazole rings is 1. The molecule has 1 heterocycles. The fraction of sp³-hybridized carbons (Fsp3) is 0.250. The van der Waals surface area contributed by atoms with Gasteiger partial charge in [0.25, 0.3) is 0 Å². The molecule has 0 N–H and O–H groups in total. The maximum Gasteiger partial charge on any atom is 0.123 e. The molecule has 2 aromatic carbocycles. The molecule has 0 saturated heterocycles. The van der Waals surface area contributed by atoms with Crippen LogP contribution in [0.1, 0.15) is 33.5 Å². The summed E-state index contributed by atoms with van der Waals surface area (Å²) in [6.45, 7) is 8.67. The molecule has 0 bridgehead atoms. The second-order valence-corrected chi connectivity index (χ2v) is 8.17. The lowest BCUT2D eigenvalue weighted by molar-refractivity contribution is 1.08. The molecule has 0 aliphatic rings. The second-order valence-electron chi connectivity index (χ2n) is 6.15. The Morgan fingerprint density at radius 3 is 2.43 bits per heavy atom. The first-order valence-corrected chi connectivity index (χ1v) is 9.67. The maximum absolute atomic E-state index is 4.86. The van der Waals surface area contributed by atoms with E-state index in [4.69, 9.17) is 4.98 Å². The van der Waals surface area contributed by atoms with Gasteiger partial charge in [0.05, 0.1) is 5.69 Å². The Morgan fingerprint density at radius 2 is 1.70 bits per heavy atom. The first kappa shape index (κ1) is 16.7. The van der Waals surface area contributed by atoms with Crippen molar-refractivity contribution >= 4 is 33.9 Å². The minimum absolute atomic E-state index is 0.908. The van der Waals surface area contributed by atoms with Gasteiger partial charge in [-0.1, -0.05) is 18.2 Å². The normalized spacial score (nSPS) is 11.0. The molecule has 0 amide bonds. The molecule has 0 unspecified atom stereocenters. The number of nitrogens with zero attached hydrogens (tertiary/aromatic N) is 1. The van der Waals surface area contributed by atoms with E-state index < -0.39 is 0 Å². The van der Waals surface area contributed by atoms with Crippen molar-refractivity contribution in [3.05, 3.63) is 72.8 Å². The summed E-state index contributed by atoms with van der Waals surface area (Å²) in [6, 6.07) is 11.1. The smallest absolute Gasteiger partial charge is 0.123 e. The molecule has 0 atom stereocenters. The Labute approximate surface area is 155 Å². The Balaban J connectivity index is 1.88. The summed E-state index contributed by atoms with van der Waals surface area (Å²) in [5, 5.41) is 3.31. The SMILES string of the molecule is Cc1ccc(-c2nc(Cc3cc(C)c(I)cc3C)cs2)cc1C. The molecule has 118 valence electrons. The van der Waals surface area contributed by atoms with Gasteiger partial charge in [-0.05, 0) is 90.2 Å². The Morgan fingerprint density at radius 1 is 0.913 bits per heavy atom. The van der Waals surface area contributed by atoms with E-state index in [1.165, 1.54) is 37.0 Å². The summed E-state index contributed by atoms with van der Waals surface area (Å²) in [5.41, 5.74) is 9.10. The Kier molecular flexibility index (Phi) is 4.87. The molecule has 1 nitrogen and oxygen atoms in total. The number of hydrogen-bond donors (Lipinski definition) is 0. The number of aryl methyl sites for hydroxylation is 4. The quantitative estimate of drug-likeness (QED) is 0.446. The monoisotopic (exact) mass is 433 g/mol. The fourth-order valence-electron chi connectivity index (χ4n) is 2.62. The van der Waals surface area contributed by atoms with Crippen LogP contribution in [0.2, 0.25) is 0 Å². The van der Waals surface area contributed by atoms with Gasteiger partial charge in [-0.2, -0.15) is 0 Å². The Hall–Kier alpha value is -1.20. The minimum Gasteiger partial charge on any atom is -0.241 e. The number of rotatable bonds is 3. The van der Waals surface area contributed by atoms with Crippen LogP contribution in [0.25, 0.3) is 10.6 Å². The fourth-order valence-corrected chi connectivity index (χ4v) is 4.06. The number of aromatic nitrogens is 1. The Bertz CT molecular complexity index is 864. The van der Waals surface area contributed by atoms with E-state index in [0.29, 0.717) is 0 Å². The molecule has 3 aromatic rings. The molecule has 3 rings (SSSR count). The predicted octanol–water partition coefficient (Wildman–Crippen LogP) is 6.24. The van der Waals surface area contributed by atoms with E-state index >= 15 is 0 Å². The molecule has 0 spiro atoms. The standard InChI is InChI=1S/C20H20INS/c1-12-5-6-16(7-13(12)2)20-22-18(11-23-20)10-17-8-15(4)19(21)9-14(17)3/h5-9,11H,10H2,1-4H3. The third-order valence-corrected chi connectivity index (χ3v) is 6.40. The number of halogens is 1. The van der Waals surface area contributed by atoms with Gasteiger partial charge in [-0.3, -0.25) is 0 Å². The van der Waals surface area contributed by atoms with Crippen LogP contribution in [0, 0.1) is 31.3 Å². The highest BCUT2D eigenvalue weighted by Crippen LogP contribution is 2.27. The van der Waals surface area contributed by atoms with Crippen LogP contribution in [-0.4, -0.2) is 4.98 Å². The van der Waals surface area contributed by atoms with Gasteiger partial charge < -0.3 is 0 Å². The lowest BCUT2D eigenvalue weighted by Gasteiger charge is -2.07. The highest BCUT2D eigenvalue weighted by molar-refractivity contribution is 14.1. The molecule has 23 heavy (non-hydrogen) atoms. The van der Waals surface area contributed by atoms with E-state index in [1.54, 1.807) is 11.3 Å². The van der Waals surface area contributed by atoms with Crippen molar-refractivity contribution in [3.8, 4) is 10.6 Å². The van der Waals surface area contributed by atoms with Crippen LogP contribution < -0.4 is 0 Å². The number of benzene rings is 2. The lowest BCUT2D eigenvalue weighted by Crippen LogP contribution is -1.95. The molecule has 0 saturated carbocycles. The van der Waals surface area contributed by atoms with Gasteiger partial charge in [0.2, 0.25) is 0 Å². The van der Waals surface area contributed by atoms with Gasteiger partial charge in [-0.15, -0.1) is 11.3 Å². The molecule has 0 fully saturated rings. The number of hydrogen-bond acceptors (Lipinski definition) is 2. The summed E-state index contributed by atoms with van der Waals surface area (Å²) in [7, 11) is 0. The summed E-state index contributed by atoms with van der Waals surface area (Å²) in [6.07, 6.45) is 0.908. The largest absolute Gasteiger partial charge is 0.241 e. The van der Waals surface area contributed by atoms with Gasteiger partial charge >= 0.3 is 0 Å². The first-order chi connectivity index (χ1) is 10.9. The van der Waals surface area contributed by atoms with Gasteiger partial charge in [0.15, 0.2) is 0 Å². The highest BCUT2D eigenvalue weighted by atomic mass is 127. The average Bonchev–Trinajstić information content (AvgIpc) is 2.96. The molecular weight excluding hydrogens is 413 g/mol. The molecule has 0 radical (unpaired) electrons. The van der Waals surface area contributed by atoms with E-state index in [9.17, 15) is 0 Å². The topological polar surface area (TPSA) is 12.9 Å². The summed E-state index contributed by atoms with van der Waals surface area (Å²) in [4.78, 5) is 4.86. The van der Waals surface area contributed by atoms with Crippen molar-refractivity contribution in [3.63, 3.8) is 0 Å². The van der Waals surface area contributed by atoms with E-state index in [1.807, 2.05) is 0 Å². The van der Waals surface area contributed by atoms with E-state index in [0.717, 1.165) is 17.1 Å². The van der Waals surface area contributed by atoms with Crippen LogP contribution in [-0.2, 0) is 6.42 Å². The van der Waals surface area contributed by atoms with Crippen molar-refractivity contribution in [1.82, 2.24) is 4.98 Å². The first-order valence-electron chi connectivity index (χ1n) is 7.71. The second kappa shape index (κ2) is 6.73. The van der Waals surface area contributed by atoms with Gasteiger partial charge in [0.1, 0.15) is 5.01 Å². The maximum atomic E-state index is 4.86. The summed E-state index contributed by atoms with van der Waals surface area (Å²) in [5.74, 6) is 0. The average molecular weight is 433 g/mol. The third-order valence-electron chi connectivity index (χ3n) is 4.29. The van der Waals surface area contributed by atoms with Crippen molar-refractivity contribution in [2.24, 2.45) is 0 Å². The van der Waals surface area contributed by atoms with Crippen molar-refractivity contribution in [2.75, 3.05) is 0 Å². The predicted molar refractivity (Wildman–Crippen MR) is 108 cm³/mol. The zero-order valence-electron chi connectivity index (χ0n) is 13.9. The highest BCUT2D eigenvalue weighted by Gasteiger charge is 2.09. The van der Waals surface area contributed by atoms with Crippen LogP contribution in [0.3, 0.4) is 0 Å². The van der Waals surface area contributed by atoms with Gasteiger partial charge in [-0.25, -0.2) is 4.98 Å². The molecule has 0 aliphatic heterocycles. The summed E-state index contributed by atoms with van der Waals surface area (Å²) < 4.78 is 1.33. The molecule has 3 heteroatoms. The van der Waals surface area contributed by atoms with Gasteiger partial charge in [0, 0.05) is 20.9 Å². The zero-order valence-corrected chi connectivity index (χ0v) is 16.9. The van der Waals surface area contributed by atoms with Crippen LogP contribution in [0.4, 0.5) is 0 Å². The molecular formula is C20H20INS. The van der Waals surface area contributed by atoms with Crippen LogP contribution in [0.15, 0.2) is 35.7 Å². The van der Waals surface area contributed by atoms with Crippen molar-refractivity contribution in [1.29, 1.82) is 0 Å². The van der Waals surface area contributed by atoms with Crippen LogP contribution >= 0.6 is 33.9 Å².